The van der Waals surface area contributed by atoms with Crippen molar-refractivity contribution in [2.24, 2.45) is 5.92 Å². The SMILES string of the molecule is Cc1ccc(OCc2ccc(CN3CCS(=O)(=O)CC3)cc2C#N)c(-c2csc(N3CCC(C(=O)O)CC3)n2)c1. The maximum absolute atomic E-state index is 11.7. The molecule has 210 valence electrons. The number of thiazole rings is 1. The summed E-state index contributed by atoms with van der Waals surface area (Å²) in [6, 6.07) is 14.0. The maximum Gasteiger partial charge on any atom is 0.306 e. The largest absolute Gasteiger partial charge is 0.488 e. The third-order valence-corrected chi connectivity index (χ3v) is 10.0. The standard InChI is InChI=1S/C29H32N4O5S2/c1-20-2-5-27(25(14-20)26-19-39-29(31-26)33-8-6-22(7-9-33)28(34)35)38-18-23-4-3-21(15-24(23)16-30)17-32-10-12-40(36,37)13-11-32/h2-5,14-15,19,22H,6-13,17-18H2,1H3,(H,34,35). The molecule has 0 saturated carbocycles. The van der Waals surface area contributed by atoms with Crippen LogP contribution in [-0.4, -0.2) is 67.1 Å². The van der Waals surface area contributed by atoms with Crippen LogP contribution < -0.4 is 9.64 Å². The molecule has 3 aromatic rings. The second-order valence-electron chi connectivity index (χ2n) is 10.4. The fourth-order valence-corrected chi connectivity index (χ4v) is 7.25. The van der Waals surface area contributed by atoms with Crippen molar-refractivity contribution in [1.82, 2.24) is 9.88 Å². The van der Waals surface area contributed by atoms with Gasteiger partial charge >= 0.3 is 5.97 Å². The molecule has 0 radical (unpaired) electrons. The predicted octanol–water partition coefficient (Wildman–Crippen LogP) is 4.10. The number of piperidine rings is 1. The van der Waals surface area contributed by atoms with Gasteiger partial charge < -0.3 is 14.7 Å². The lowest BCUT2D eigenvalue weighted by atomic mass is 9.97. The second-order valence-corrected chi connectivity index (χ2v) is 13.6. The van der Waals surface area contributed by atoms with Crippen molar-refractivity contribution in [1.29, 1.82) is 5.26 Å². The first-order valence-electron chi connectivity index (χ1n) is 13.3. The molecule has 0 unspecified atom stereocenters. The minimum Gasteiger partial charge on any atom is -0.488 e. The van der Waals surface area contributed by atoms with Crippen molar-refractivity contribution in [2.45, 2.75) is 32.9 Å². The van der Waals surface area contributed by atoms with E-state index in [9.17, 15) is 23.6 Å². The van der Waals surface area contributed by atoms with E-state index in [0.717, 1.165) is 33.1 Å². The van der Waals surface area contributed by atoms with Crippen LogP contribution in [0.15, 0.2) is 41.8 Å². The Kier molecular flexibility index (Phi) is 8.40. The number of carboxylic acids is 1. The van der Waals surface area contributed by atoms with Gasteiger partial charge in [-0.2, -0.15) is 5.26 Å². The lowest BCUT2D eigenvalue weighted by Gasteiger charge is -2.29. The van der Waals surface area contributed by atoms with E-state index in [2.05, 4.69) is 15.9 Å². The first kappa shape index (κ1) is 28.1. The van der Waals surface area contributed by atoms with Gasteiger partial charge in [0.1, 0.15) is 12.4 Å². The molecule has 1 aromatic heterocycles. The van der Waals surface area contributed by atoms with Gasteiger partial charge in [0, 0.05) is 49.2 Å². The number of rotatable bonds is 8. The number of aromatic nitrogens is 1. The number of ether oxygens (including phenoxy) is 1. The Morgan fingerprint density at radius 1 is 1.15 bits per heavy atom. The van der Waals surface area contributed by atoms with E-state index in [1.807, 2.05) is 48.7 Å². The summed E-state index contributed by atoms with van der Waals surface area (Å²) in [6.45, 7) is 5.19. The summed E-state index contributed by atoms with van der Waals surface area (Å²) in [5, 5.41) is 22.0. The highest BCUT2D eigenvalue weighted by molar-refractivity contribution is 7.91. The normalized spacial score (nSPS) is 17.9. The smallest absolute Gasteiger partial charge is 0.306 e. The molecule has 0 amide bonds. The summed E-state index contributed by atoms with van der Waals surface area (Å²) in [4.78, 5) is 20.4. The first-order valence-corrected chi connectivity index (χ1v) is 16.0. The molecule has 0 aliphatic carbocycles. The molecular weight excluding hydrogens is 548 g/mol. The fraction of sp³-hybridized carbons (Fsp3) is 0.414. The highest BCUT2D eigenvalue weighted by Gasteiger charge is 2.26. The molecule has 40 heavy (non-hydrogen) atoms. The molecule has 2 fully saturated rings. The van der Waals surface area contributed by atoms with Crippen LogP contribution in [0.25, 0.3) is 11.3 Å². The number of benzene rings is 2. The van der Waals surface area contributed by atoms with Crippen molar-refractivity contribution in [2.75, 3.05) is 42.6 Å². The highest BCUT2D eigenvalue weighted by Crippen LogP contribution is 2.36. The molecule has 1 N–H and O–H groups in total. The predicted molar refractivity (Wildman–Crippen MR) is 154 cm³/mol. The van der Waals surface area contributed by atoms with Gasteiger partial charge in [-0.05, 0) is 43.5 Å². The summed E-state index contributed by atoms with van der Waals surface area (Å²) in [5.41, 5.74) is 5.04. The van der Waals surface area contributed by atoms with Gasteiger partial charge in [0.2, 0.25) is 0 Å². The zero-order valence-corrected chi connectivity index (χ0v) is 24.0. The van der Waals surface area contributed by atoms with Crippen molar-refractivity contribution < 1.29 is 23.1 Å². The Bertz CT molecular complexity index is 1520. The number of hydrogen-bond acceptors (Lipinski definition) is 9. The monoisotopic (exact) mass is 580 g/mol. The fourth-order valence-electron chi connectivity index (χ4n) is 5.09. The molecule has 0 atom stereocenters. The van der Waals surface area contributed by atoms with Gasteiger partial charge in [0.25, 0.3) is 0 Å². The van der Waals surface area contributed by atoms with Crippen LogP contribution in [0.4, 0.5) is 5.13 Å². The topological polar surface area (TPSA) is 124 Å². The summed E-state index contributed by atoms with van der Waals surface area (Å²) in [7, 11) is -2.93. The van der Waals surface area contributed by atoms with Crippen molar-refractivity contribution in [3.8, 4) is 23.1 Å². The Morgan fingerprint density at radius 2 is 1.90 bits per heavy atom. The van der Waals surface area contributed by atoms with Gasteiger partial charge in [-0.3, -0.25) is 9.69 Å². The van der Waals surface area contributed by atoms with E-state index in [1.165, 1.54) is 0 Å². The number of aliphatic carboxylic acids is 1. The molecule has 5 rings (SSSR count). The molecule has 9 nitrogen and oxygen atoms in total. The number of hydrogen-bond donors (Lipinski definition) is 1. The Labute approximate surface area is 238 Å². The van der Waals surface area contributed by atoms with E-state index in [-0.39, 0.29) is 24.0 Å². The van der Waals surface area contributed by atoms with E-state index < -0.39 is 15.8 Å². The second kappa shape index (κ2) is 12.0. The number of sulfone groups is 1. The third-order valence-electron chi connectivity index (χ3n) is 7.54. The first-order chi connectivity index (χ1) is 19.2. The van der Waals surface area contributed by atoms with Gasteiger partial charge in [0.15, 0.2) is 15.0 Å². The van der Waals surface area contributed by atoms with Gasteiger partial charge in [0.05, 0.1) is 34.8 Å². The number of carboxylic acid groups (broad SMARTS) is 1. The third kappa shape index (κ3) is 6.63. The zero-order chi connectivity index (χ0) is 28.3. The summed E-state index contributed by atoms with van der Waals surface area (Å²) in [5.74, 6) is 0.00645. The molecule has 0 bridgehead atoms. The number of nitriles is 1. The molecule has 11 heteroatoms. The minimum atomic E-state index is -2.93. The van der Waals surface area contributed by atoms with Crippen LogP contribution in [0.2, 0.25) is 0 Å². The molecule has 0 spiro atoms. The molecule has 3 heterocycles. The Hall–Kier alpha value is -3.46. The van der Waals surface area contributed by atoms with E-state index in [4.69, 9.17) is 9.72 Å². The number of anilines is 1. The Morgan fingerprint density at radius 3 is 2.60 bits per heavy atom. The number of carbonyl (C=O) groups is 1. The Balaban J connectivity index is 1.27. The van der Waals surface area contributed by atoms with E-state index in [1.54, 1.807) is 11.3 Å². The van der Waals surface area contributed by atoms with Gasteiger partial charge in [-0.1, -0.05) is 23.8 Å². The van der Waals surface area contributed by atoms with E-state index >= 15 is 0 Å². The highest BCUT2D eigenvalue weighted by atomic mass is 32.2. The zero-order valence-electron chi connectivity index (χ0n) is 22.4. The molecule has 2 saturated heterocycles. The van der Waals surface area contributed by atoms with Gasteiger partial charge in [-0.25, -0.2) is 13.4 Å². The van der Waals surface area contributed by atoms with Crippen LogP contribution in [0, 0.1) is 24.2 Å². The van der Waals surface area contributed by atoms with Crippen LogP contribution in [-0.2, 0) is 27.8 Å². The molecule has 2 aliphatic heterocycles. The number of aryl methyl sites for hydroxylation is 1. The minimum absolute atomic E-state index is 0.173. The molecule has 2 aliphatic rings. The molecular formula is C29H32N4O5S2. The van der Waals surface area contributed by atoms with E-state index in [0.29, 0.717) is 56.9 Å². The molecule has 2 aromatic carbocycles. The summed E-state index contributed by atoms with van der Waals surface area (Å²) >= 11 is 1.54. The van der Waals surface area contributed by atoms with Crippen LogP contribution in [0.1, 0.15) is 35.1 Å². The maximum atomic E-state index is 11.7. The number of nitrogens with zero attached hydrogens (tertiary/aromatic N) is 4. The van der Waals surface area contributed by atoms with Crippen LogP contribution >= 0.6 is 11.3 Å². The summed E-state index contributed by atoms with van der Waals surface area (Å²) < 4.78 is 29.7. The summed E-state index contributed by atoms with van der Waals surface area (Å²) in [6.07, 6.45) is 1.23. The average molecular weight is 581 g/mol. The van der Waals surface area contributed by atoms with Crippen molar-refractivity contribution >= 4 is 32.3 Å². The van der Waals surface area contributed by atoms with Crippen molar-refractivity contribution in [3.05, 3.63) is 64.0 Å². The van der Waals surface area contributed by atoms with Crippen LogP contribution in [0.5, 0.6) is 5.75 Å². The lowest BCUT2D eigenvalue weighted by Crippen LogP contribution is -2.39. The lowest BCUT2D eigenvalue weighted by molar-refractivity contribution is -0.142. The quantitative estimate of drug-likeness (QED) is 0.419. The van der Waals surface area contributed by atoms with Crippen LogP contribution in [0.3, 0.4) is 0 Å². The van der Waals surface area contributed by atoms with Crippen molar-refractivity contribution in [3.63, 3.8) is 0 Å². The van der Waals surface area contributed by atoms with Gasteiger partial charge in [-0.15, -0.1) is 11.3 Å². The average Bonchev–Trinajstić information content (AvgIpc) is 3.44.